The first-order valence-corrected chi connectivity index (χ1v) is 6.27. The summed E-state index contributed by atoms with van der Waals surface area (Å²) in [4.78, 5) is 2.27. The van der Waals surface area contributed by atoms with Crippen LogP contribution in [0.3, 0.4) is 0 Å². The van der Waals surface area contributed by atoms with E-state index in [-0.39, 0.29) is 6.61 Å². The Morgan fingerprint density at radius 2 is 1.88 bits per heavy atom. The zero-order valence-electron chi connectivity index (χ0n) is 10.9. The van der Waals surface area contributed by atoms with Crippen molar-refractivity contribution in [3.05, 3.63) is 29.8 Å². The van der Waals surface area contributed by atoms with Crippen molar-refractivity contribution >= 4 is 0 Å². The Bertz CT molecular complexity index is 298. The number of hydrogen-bond donors (Lipinski definition) is 1. The van der Waals surface area contributed by atoms with Gasteiger partial charge in [-0.05, 0) is 51.1 Å². The van der Waals surface area contributed by atoms with E-state index in [1.807, 2.05) is 19.1 Å². The van der Waals surface area contributed by atoms with Crippen LogP contribution in [0.4, 0.5) is 0 Å². The predicted molar refractivity (Wildman–Crippen MR) is 70.3 cm³/mol. The Hall–Kier alpha value is -1.06. The van der Waals surface area contributed by atoms with Gasteiger partial charge in [0.2, 0.25) is 0 Å². The molecule has 0 amide bonds. The summed E-state index contributed by atoms with van der Waals surface area (Å²) in [6, 6.07) is 8.24. The van der Waals surface area contributed by atoms with Crippen molar-refractivity contribution in [2.24, 2.45) is 0 Å². The molecule has 0 saturated carbocycles. The summed E-state index contributed by atoms with van der Waals surface area (Å²) in [5.41, 5.74) is 1.29. The fourth-order valence-electron chi connectivity index (χ4n) is 1.74. The Labute approximate surface area is 104 Å². The van der Waals surface area contributed by atoms with Crippen LogP contribution in [-0.2, 0) is 6.54 Å². The summed E-state index contributed by atoms with van der Waals surface area (Å²) in [6.45, 7) is 4.95. The number of aliphatic hydroxyl groups is 1. The fourth-order valence-corrected chi connectivity index (χ4v) is 1.74. The van der Waals surface area contributed by atoms with Crippen LogP contribution in [0.1, 0.15) is 25.3 Å². The van der Waals surface area contributed by atoms with E-state index in [0.717, 1.165) is 31.7 Å². The standard InChI is InChI=1S/C14H23NO2/c1-3-17-14-8-6-13(7-9-14)12-15(2)10-4-5-11-16/h6-9,16H,3-5,10-12H2,1-2H3. The van der Waals surface area contributed by atoms with Gasteiger partial charge >= 0.3 is 0 Å². The maximum absolute atomic E-state index is 8.72. The van der Waals surface area contributed by atoms with Crippen LogP contribution >= 0.6 is 0 Å². The molecule has 0 heterocycles. The number of unbranched alkanes of at least 4 members (excludes halogenated alkanes) is 1. The fraction of sp³-hybridized carbons (Fsp3) is 0.571. The van der Waals surface area contributed by atoms with E-state index in [9.17, 15) is 0 Å². The van der Waals surface area contributed by atoms with Crippen LogP contribution in [0.5, 0.6) is 5.75 Å². The van der Waals surface area contributed by atoms with E-state index in [4.69, 9.17) is 9.84 Å². The lowest BCUT2D eigenvalue weighted by Crippen LogP contribution is -2.19. The summed E-state index contributed by atoms with van der Waals surface area (Å²) in [5, 5.41) is 8.72. The third-order valence-corrected chi connectivity index (χ3v) is 2.63. The Morgan fingerprint density at radius 1 is 1.18 bits per heavy atom. The molecule has 96 valence electrons. The molecule has 1 aromatic carbocycles. The largest absolute Gasteiger partial charge is 0.494 e. The van der Waals surface area contributed by atoms with E-state index >= 15 is 0 Å². The zero-order valence-corrected chi connectivity index (χ0v) is 10.9. The molecule has 0 atom stereocenters. The lowest BCUT2D eigenvalue weighted by atomic mass is 10.2. The lowest BCUT2D eigenvalue weighted by Gasteiger charge is -2.16. The van der Waals surface area contributed by atoms with Gasteiger partial charge in [0.1, 0.15) is 5.75 Å². The van der Waals surface area contributed by atoms with Crippen molar-refractivity contribution in [2.45, 2.75) is 26.3 Å². The number of nitrogens with zero attached hydrogens (tertiary/aromatic N) is 1. The topological polar surface area (TPSA) is 32.7 Å². The normalized spacial score (nSPS) is 10.8. The number of aliphatic hydroxyl groups excluding tert-OH is 1. The molecular formula is C14H23NO2. The summed E-state index contributed by atoms with van der Waals surface area (Å²) in [7, 11) is 2.10. The molecule has 0 unspecified atom stereocenters. The second-order valence-corrected chi connectivity index (χ2v) is 4.25. The van der Waals surface area contributed by atoms with Gasteiger partial charge < -0.3 is 14.7 Å². The van der Waals surface area contributed by atoms with Crippen molar-refractivity contribution < 1.29 is 9.84 Å². The maximum Gasteiger partial charge on any atom is 0.119 e. The molecule has 3 nitrogen and oxygen atoms in total. The van der Waals surface area contributed by atoms with Gasteiger partial charge in [0, 0.05) is 13.2 Å². The lowest BCUT2D eigenvalue weighted by molar-refractivity contribution is 0.261. The average Bonchev–Trinajstić information content (AvgIpc) is 2.32. The highest BCUT2D eigenvalue weighted by molar-refractivity contribution is 5.27. The van der Waals surface area contributed by atoms with Gasteiger partial charge in [0.05, 0.1) is 6.61 Å². The first-order valence-electron chi connectivity index (χ1n) is 6.27. The van der Waals surface area contributed by atoms with E-state index in [0.29, 0.717) is 6.61 Å². The zero-order chi connectivity index (χ0) is 12.5. The molecule has 0 aliphatic heterocycles. The number of benzene rings is 1. The van der Waals surface area contributed by atoms with Gasteiger partial charge in [-0.3, -0.25) is 0 Å². The van der Waals surface area contributed by atoms with Crippen LogP contribution in [0.15, 0.2) is 24.3 Å². The van der Waals surface area contributed by atoms with Crippen LogP contribution in [0.25, 0.3) is 0 Å². The number of ether oxygens (including phenoxy) is 1. The predicted octanol–water partition coefficient (Wildman–Crippen LogP) is 2.29. The quantitative estimate of drug-likeness (QED) is 0.704. The Kier molecular flexibility index (Phi) is 6.67. The van der Waals surface area contributed by atoms with Gasteiger partial charge in [-0.1, -0.05) is 12.1 Å². The SMILES string of the molecule is CCOc1ccc(CN(C)CCCCO)cc1. The highest BCUT2D eigenvalue weighted by Crippen LogP contribution is 2.13. The maximum atomic E-state index is 8.72. The van der Waals surface area contributed by atoms with Crippen molar-refractivity contribution in [1.29, 1.82) is 0 Å². The third kappa shape index (κ3) is 5.71. The van der Waals surface area contributed by atoms with Crippen molar-refractivity contribution in [1.82, 2.24) is 4.90 Å². The van der Waals surface area contributed by atoms with Crippen LogP contribution in [0, 0.1) is 0 Å². The highest BCUT2D eigenvalue weighted by atomic mass is 16.5. The molecule has 1 N–H and O–H groups in total. The van der Waals surface area contributed by atoms with E-state index in [2.05, 4.69) is 24.1 Å². The molecular weight excluding hydrogens is 214 g/mol. The minimum atomic E-state index is 0.289. The number of hydrogen-bond acceptors (Lipinski definition) is 3. The van der Waals surface area contributed by atoms with E-state index < -0.39 is 0 Å². The second-order valence-electron chi connectivity index (χ2n) is 4.25. The van der Waals surface area contributed by atoms with Crippen LogP contribution < -0.4 is 4.74 Å². The van der Waals surface area contributed by atoms with Crippen molar-refractivity contribution in [2.75, 3.05) is 26.8 Å². The summed E-state index contributed by atoms with van der Waals surface area (Å²) >= 11 is 0. The molecule has 1 aromatic rings. The molecule has 0 spiro atoms. The number of rotatable bonds is 8. The van der Waals surface area contributed by atoms with Crippen molar-refractivity contribution in [3.8, 4) is 5.75 Å². The third-order valence-electron chi connectivity index (χ3n) is 2.63. The van der Waals surface area contributed by atoms with E-state index in [1.165, 1.54) is 5.56 Å². The highest BCUT2D eigenvalue weighted by Gasteiger charge is 2.00. The molecule has 3 heteroatoms. The molecule has 17 heavy (non-hydrogen) atoms. The molecule has 0 bridgehead atoms. The monoisotopic (exact) mass is 237 g/mol. The summed E-state index contributed by atoms with van der Waals surface area (Å²) < 4.78 is 5.40. The minimum absolute atomic E-state index is 0.289. The first kappa shape index (κ1) is 14.0. The van der Waals surface area contributed by atoms with Crippen LogP contribution in [0.2, 0.25) is 0 Å². The summed E-state index contributed by atoms with van der Waals surface area (Å²) in [5.74, 6) is 0.930. The van der Waals surface area contributed by atoms with Gasteiger partial charge in [-0.15, -0.1) is 0 Å². The second kappa shape index (κ2) is 8.09. The van der Waals surface area contributed by atoms with Gasteiger partial charge in [0.15, 0.2) is 0 Å². The first-order chi connectivity index (χ1) is 8.26. The Balaban J connectivity index is 2.34. The molecule has 0 radical (unpaired) electrons. The average molecular weight is 237 g/mol. The van der Waals surface area contributed by atoms with Gasteiger partial charge in [-0.2, -0.15) is 0 Å². The molecule has 0 aromatic heterocycles. The summed E-state index contributed by atoms with van der Waals surface area (Å²) in [6.07, 6.45) is 1.93. The van der Waals surface area contributed by atoms with Crippen molar-refractivity contribution in [3.63, 3.8) is 0 Å². The molecule has 0 aliphatic carbocycles. The molecule has 0 aliphatic rings. The molecule has 1 rings (SSSR count). The van der Waals surface area contributed by atoms with E-state index in [1.54, 1.807) is 0 Å². The van der Waals surface area contributed by atoms with Crippen LogP contribution in [-0.4, -0.2) is 36.8 Å². The molecule has 0 saturated heterocycles. The minimum Gasteiger partial charge on any atom is -0.494 e. The smallest absolute Gasteiger partial charge is 0.119 e. The molecule has 0 fully saturated rings. The van der Waals surface area contributed by atoms with Gasteiger partial charge in [-0.25, -0.2) is 0 Å². The Morgan fingerprint density at radius 3 is 2.47 bits per heavy atom. The van der Waals surface area contributed by atoms with Gasteiger partial charge in [0.25, 0.3) is 0 Å².